The van der Waals surface area contributed by atoms with Crippen LogP contribution in [0, 0.1) is 5.92 Å². The molecule has 184 valence electrons. The molecule has 0 saturated carbocycles. The lowest BCUT2D eigenvalue weighted by Crippen LogP contribution is -2.40. The lowest BCUT2D eigenvalue weighted by atomic mass is 9.97. The topological polar surface area (TPSA) is 94.1 Å². The predicted octanol–water partition coefficient (Wildman–Crippen LogP) is 4.65. The number of aromatic nitrogens is 1. The summed E-state index contributed by atoms with van der Waals surface area (Å²) in [6.45, 7) is 3.37. The molecule has 11 heteroatoms. The fourth-order valence-corrected chi connectivity index (χ4v) is 5.01. The smallest absolute Gasteiger partial charge is 0.309 e. The van der Waals surface area contributed by atoms with Gasteiger partial charge in [-0.2, -0.15) is 4.99 Å². The summed E-state index contributed by atoms with van der Waals surface area (Å²) >= 11 is 13.3. The Kier molecular flexibility index (Phi) is 8.10. The lowest BCUT2D eigenvalue weighted by molar-refractivity contribution is -0.149. The minimum Gasteiger partial charge on any atom is -0.466 e. The first-order valence-electron chi connectivity index (χ1n) is 11.1. The average Bonchev–Trinajstić information content (AvgIpc) is 3.49. The van der Waals surface area contributed by atoms with Crippen LogP contribution >= 0.6 is 34.5 Å². The van der Waals surface area contributed by atoms with E-state index in [1.807, 2.05) is 0 Å². The van der Waals surface area contributed by atoms with Crippen molar-refractivity contribution in [1.82, 2.24) is 9.47 Å². The van der Waals surface area contributed by atoms with Gasteiger partial charge in [-0.15, -0.1) is 11.3 Å². The predicted molar refractivity (Wildman–Crippen MR) is 132 cm³/mol. The molecule has 0 aliphatic carbocycles. The Bertz CT molecular complexity index is 1300. The van der Waals surface area contributed by atoms with E-state index in [-0.39, 0.29) is 34.1 Å². The number of thiazole rings is 1. The molecule has 0 spiro atoms. The summed E-state index contributed by atoms with van der Waals surface area (Å²) in [5.41, 5.74) is 0.258. The Morgan fingerprint density at radius 1 is 1.17 bits per heavy atom. The number of piperidine rings is 1. The molecule has 1 aliphatic heterocycles. The third kappa shape index (κ3) is 6.04. The normalized spacial score (nSPS) is 14.8. The molecule has 3 aromatic rings. The first-order chi connectivity index (χ1) is 16.9. The molecule has 0 radical (unpaired) electrons. The molecule has 35 heavy (non-hydrogen) atoms. The van der Waals surface area contributed by atoms with Crippen LogP contribution in [0.1, 0.15) is 46.4 Å². The van der Waals surface area contributed by atoms with E-state index in [0.29, 0.717) is 54.7 Å². The maximum Gasteiger partial charge on any atom is 0.309 e. The lowest BCUT2D eigenvalue weighted by Gasteiger charge is -2.30. The SMILES string of the molecule is CCOC(=O)C1CCN(C(=O)c2ccc(Cn3ccsc3=NC(=O)c3ccc(Cl)cc3Cl)o2)CC1. The van der Waals surface area contributed by atoms with Crippen molar-refractivity contribution in [1.29, 1.82) is 0 Å². The minimum absolute atomic E-state index is 0.172. The van der Waals surface area contributed by atoms with Crippen LogP contribution in [-0.2, 0) is 16.1 Å². The Hall–Kier alpha value is -2.88. The molecular formula is C24H23Cl2N3O5S. The van der Waals surface area contributed by atoms with Gasteiger partial charge in [-0.05, 0) is 50.1 Å². The zero-order chi connectivity index (χ0) is 24.9. The van der Waals surface area contributed by atoms with Gasteiger partial charge in [0.15, 0.2) is 10.6 Å². The molecule has 0 bridgehead atoms. The maximum atomic E-state index is 12.9. The molecule has 3 heterocycles. The fourth-order valence-electron chi connectivity index (χ4n) is 3.80. The molecule has 1 aromatic carbocycles. The highest BCUT2D eigenvalue weighted by molar-refractivity contribution is 7.07. The standard InChI is InChI=1S/C24H23Cl2N3O5S/c1-2-33-23(32)15-7-9-28(10-8-15)22(31)20-6-4-17(34-20)14-29-11-12-35-24(29)27-21(30)18-5-3-16(25)13-19(18)26/h3-6,11-13,15H,2,7-10,14H2,1H3. The van der Waals surface area contributed by atoms with Crippen molar-refractivity contribution < 1.29 is 23.5 Å². The average molecular weight is 536 g/mol. The van der Waals surface area contributed by atoms with Crippen LogP contribution in [0.25, 0.3) is 0 Å². The highest BCUT2D eigenvalue weighted by Gasteiger charge is 2.29. The summed E-state index contributed by atoms with van der Waals surface area (Å²) in [5, 5.41) is 2.47. The number of benzene rings is 1. The number of hydrogen-bond acceptors (Lipinski definition) is 6. The van der Waals surface area contributed by atoms with Crippen molar-refractivity contribution in [3.63, 3.8) is 0 Å². The number of esters is 1. The molecule has 0 atom stereocenters. The number of halogens is 2. The Labute approximate surface area is 215 Å². The van der Waals surface area contributed by atoms with Crippen molar-refractivity contribution in [2.24, 2.45) is 10.9 Å². The molecule has 4 rings (SSSR count). The van der Waals surface area contributed by atoms with Crippen molar-refractivity contribution in [2.45, 2.75) is 26.3 Å². The summed E-state index contributed by atoms with van der Waals surface area (Å²) in [6, 6.07) is 7.98. The van der Waals surface area contributed by atoms with Crippen LogP contribution in [0.4, 0.5) is 0 Å². The quantitative estimate of drug-likeness (QED) is 0.428. The molecule has 8 nitrogen and oxygen atoms in total. The summed E-state index contributed by atoms with van der Waals surface area (Å²) in [6.07, 6.45) is 2.92. The van der Waals surface area contributed by atoms with Crippen LogP contribution in [0.2, 0.25) is 10.0 Å². The highest BCUT2D eigenvalue weighted by Crippen LogP contribution is 2.23. The van der Waals surface area contributed by atoms with Crippen molar-refractivity contribution in [3.05, 3.63) is 73.8 Å². The summed E-state index contributed by atoms with van der Waals surface area (Å²) in [7, 11) is 0. The number of rotatable bonds is 6. The second-order valence-electron chi connectivity index (χ2n) is 7.94. The second-order valence-corrected chi connectivity index (χ2v) is 9.66. The number of furan rings is 1. The van der Waals surface area contributed by atoms with E-state index in [4.69, 9.17) is 32.4 Å². The highest BCUT2D eigenvalue weighted by atomic mass is 35.5. The van der Waals surface area contributed by atoms with Crippen molar-refractivity contribution >= 4 is 52.3 Å². The van der Waals surface area contributed by atoms with Gasteiger partial charge in [-0.1, -0.05) is 23.2 Å². The summed E-state index contributed by atoms with van der Waals surface area (Å²) in [5.74, 6) is -0.297. The Balaban J connectivity index is 1.42. The summed E-state index contributed by atoms with van der Waals surface area (Å²) in [4.78, 5) is 43.7. The van der Waals surface area contributed by atoms with Crippen LogP contribution in [0.5, 0.6) is 0 Å². The number of carbonyl (C=O) groups is 3. The van der Waals surface area contributed by atoms with E-state index >= 15 is 0 Å². The molecular weight excluding hydrogens is 513 g/mol. The van der Waals surface area contributed by atoms with Gasteiger partial charge >= 0.3 is 5.97 Å². The van der Waals surface area contributed by atoms with Gasteiger partial charge in [-0.25, -0.2) is 0 Å². The zero-order valence-electron chi connectivity index (χ0n) is 18.9. The van der Waals surface area contributed by atoms with E-state index in [0.717, 1.165) is 0 Å². The first-order valence-corrected chi connectivity index (χ1v) is 12.7. The van der Waals surface area contributed by atoms with Gasteiger partial charge in [0.1, 0.15) is 5.76 Å². The molecule has 0 unspecified atom stereocenters. The van der Waals surface area contributed by atoms with Crippen LogP contribution < -0.4 is 4.80 Å². The third-order valence-corrected chi connectivity index (χ3v) is 6.96. The van der Waals surface area contributed by atoms with Crippen molar-refractivity contribution in [2.75, 3.05) is 19.7 Å². The van der Waals surface area contributed by atoms with E-state index in [9.17, 15) is 14.4 Å². The largest absolute Gasteiger partial charge is 0.466 e. The van der Waals surface area contributed by atoms with Crippen LogP contribution in [0.3, 0.4) is 0 Å². The van der Waals surface area contributed by atoms with Gasteiger partial charge in [0, 0.05) is 29.7 Å². The van der Waals surface area contributed by atoms with Crippen LogP contribution in [-0.4, -0.2) is 46.9 Å². The minimum atomic E-state index is -0.482. The van der Waals surface area contributed by atoms with E-state index in [1.54, 1.807) is 46.2 Å². The van der Waals surface area contributed by atoms with Crippen molar-refractivity contribution in [3.8, 4) is 0 Å². The fraction of sp³-hybridized carbons (Fsp3) is 0.333. The van der Waals surface area contributed by atoms with E-state index in [2.05, 4.69) is 4.99 Å². The zero-order valence-corrected chi connectivity index (χ0v) is 21.2. The van der Waals surface area contributed by atoms with Gasteiger partial charge < -0.3 is 18.6 Å². The number of nitrogens with zero attached hydrogens (tertiary/aromatic N) is 3. The van der Waals surface area contributed by atoms with Gasteiger partial charge in [0.05, 0.1) is 29.7 Å². The molecule has 0 N–H and O–H groups in total. The number of carbonyl (C=O) groups excluding carboxylic acids is 3. The summed E-state index contributed by atoms with van der Waals surface area (Å²) < 4.78 is 12.6. The van der Waals surface area contributed by atoms with Gasteiger partial charge in [0.2, 0.25) is 0 Å². The molecule has 2 aromatic heterocycles. The monoisotopic (exact) mass is 535 g/mol. The first kappa shape index (κ1) is 25.2. The third-order valence-electron chi connectivity index (χ3n) is 5.62. The molecule has 1 aliphatic rings. The number of ether oxygens (including phenoxy) is 1. The van der Waals surface area contributed by atoms with E-state index in [1.165, 1.54) is 23.5 Å². The molecule has 2 amide bonds. The Morgan fingerprint density at radius 3 is 2.66 bits per heavy atom. The molecule has 1 saturated heterocycles. The van der Waals surface area contributed by atoms with Gasteiger partial charge in [0.25, 0.3) is 11.8 Å². The maximum absolute atomic E-state index is 12.9. The van der Waals surface area contributed by atoms with Gasteiger partial charge in [-0.3, -0.25) is 14.4 Å². The number of hydrogen-bond donors (Lipinski definition) is 0. The molecule has 1 fully saturated rings. The number of likely N-dealkylation sites (tertiary alicyclic amines) is 1. The Morgan fingerprint density at radius 2 is 1.94 bits per heavy atom. The van der Waals surface area contributed by atoms with Crippen LogP contribution in [0.15, 0.2) is 51.3 Å². The second kappa shape index (κ2) is 11.2. The number of amides is 2. The van der Waals surface area contributed by atoms with E-state index < -0.39 is 5.91 Å².